The predicted molar refractivity (Wildman–Crippen MR) is 73.4 cm³/mol. The Bertz CT molecular complexity index is 468. The van der Waals surface area contributed by atoms with Crippen LogP contribution in [0, 0.1) is 5.92 Å². The molecule has 0 radical (unpaired) electrons. The van der Waals surface area contributed by atoms with Gasteiger partial charge in [0.2, 0.25) is 5.91 Å². The Morgan fingerprint density at radius 2 is 1.90 bits per heavy atom. The fourth-order valence-electron chi connectivity index (χ4n) is 2.43. The molecule has 0 saturated heterocycles. The molecule has 0 bridgehead atoms. The van der Waals surface area contributed by atoms with E-state index >= 15 is 0 Å². The summed E-state index contributed by atoms with van der Waals surface area (Å²) in [6, 6.07) is 9.97. The van der Waals surface area contributed by atoms with E-state index in [-0.39, 0.29) is 24.8 Å². The quantitative estimate of drug-likeness (QED) is 0.754. The van der Waals surface area contributed by atoms with Gasteiger partial charge in [-0.2, -0.15) is 0 Å². The average Bonchev–Trinajstić information content (AvgIpc) is 3.27. The van der Waals surface area contributed by atoms with Crippen molar-refractivity contribution in [3.63, 3.8) is 0 Å². The summed E-state index contributed by atoms with van der Waals surface area (Å²) in [5.41, 5.74) is 1.07. The maximum Gasteiger partial charge on any atom is 0.223 e. The molecule has 0 unspecified atom stereocenters. The summed E-state index contributed by atoms with van der Waals surface area (Å²) in [4.78, 5) is 24.6. The number of rotatable bonds is 7. The molecule has 0 aromatic heterocycles. The number of aliphatic carboxylic acids is 1. The van der Waals surface area contributed by atoms with E-state index in [1.807, 2.05) is 35.2 Å². The van der Waals surface area contributed by atoms with Gasteiger partial charge < -0.3 is 14.8 Å². The lowest BCUT2D eigenvalue weighted by molar-refractivity contribution is -0.305. The Morgan fingerprint density at radius 1 is 1.25 bits per heavy atom. The zero-order valence-electron chi connectivity index (χ0n) is 11.7. The maximum absolute atomic E-state index is 12.3. The standard InChI is InChI=1S/C16H21NO3/c1-12(14-7-8-14)17(15(18)9-10-16(19)20)11-13-5-3-2-4-6-13/h2-6,12,14H,7-11H2,1H3,(H,19,20)/p-1/t12-/m0/s1. The highest BCUT2D eigenvalue weighted by Gasteiger charge is 2.33. The Hall–Kier alpha value is -1.84. The molecule has 108 valence electrons. The summed E-state index contributed by atoms with van der Waals surface area (Å²) in [5.74, 6) is -0.708. The summed E-state index contributed by atoms with van der Waals surface area (Å²) in [6.45, 7) is 2.60. The third-order valence-corrected chi connectivity index (χ3v) is 3.85. The van der Waals surface area contributed by atoms with Gasteiger partial charge in [-0.1, -0.05) is 30.3 Å². The molecule has 1 aliphatic carbocycles. The Balaban J connectivity index is 2.03. The van der Waals surface area contributed by atoms with Crippen LogP contribution in [0.3, 0.4) is 0 Å². The van der Waals surface area contributed by atoms with Gasteiger partial charge in [-0.15, -0.1) is 0 Å². The van der Waals surface area contributed by atoms with E-state index in [9.17, 15) is 14.7 Å². The lowest BCUT2D eigenvalue weighted by Crippen LogP contribution is -2.40. The molecule has 0 aliphatic heterocycles. The molecule has 1 aliphatic rings. The van der Waals surface area contributed by atoms with Crippen LogP contribution in [-0.4, -0.2) is 22.8 Å². The number of benzene rings is 1. The van der Waals surface area contributed by atoms with Gasteiger partial charge >= 0.3 is 0 Å². The van der Waals surface area contributed by atoms with Crippen LogP contribution in [0.2, 0.25) is 0 Å². The number of carbonyl (C=O) groups excluding carboxylic acids is 2. The van der Waals surface area contributed by atoms with Gasteiger partial charge in [0.25, 0.3) is 0 Å². The van der Waals surface area contributed by atoms with Crippen LogP contribution in [0.15, 0.2) is 30.3 Å². The number of hydrogen-bond donors (Lipinski definition) is 0. The first kappa shape index (κ1) is 14.6. The Kier molecular flexibility index (Phi) is 4.77. The fraction of sp³-hybridized carbons (Fsp3) is 0.500. The largest absolute Gasteiger partial charge is 0.550 e. The van der Waals surface area contributed by atoms with Crippen molar-refractivity contribution in [2.45, 2.75) is 45.2 Å². The first-order valence-electron chi connectivity index (χ1n) is 7.11. The van der Waals surface area contributed by atoms with Crippen molar-refractivity contribution in [3.8, 4) is 0 Å². The minimum atomic E-state index is -1.17. The average molecular weight is 274 g/mol. The minimum absolute atomic E-state index is 0.0201. The van der Waals surface area contributed by atoms with E-state index in [1.54, 1.807) is 0 Å². The number of hydrogen-bond acceptors (Lipinski definition) is 3. The molecule has 4 nitrogen and oxygen atoms in total. The molecule has 1 aromatic carbocycles. The van der Waals surface area contributed by atoms with Crippen molar-refractivity contribution >= 4 is 11.9 Å². The van der Waals surface area contributed by atoms with Crippen molar-refractivity contribution in [2.75, 3.05) is 0 Å². The van der Waals surface area contributed by atoms with E-state index in [4.69, 9.17) is 0 Å². The number of nitrogens with zero attached hydrogens (tertiary/aromatic N) is 1. The van der Waals surface area contributed by atoms with Crippen LogP contribution in [0.5, 0.6) is 0 Å². The summed E-state index contributed by atoms with van der Waals surface area (Å²) in [6.07, 6.45) is 2.12. The molecule has 0 heterocycles. The minimum Gasteiger partial charge on any atom is -0.550 e. The maximum atomic E-state index is 12.3. The normalized spacial score (nSPS) is 15.7. The van der Waals surface area contributed by atoms with Crippen molar-refractivity contribution in [1.29, 1.82) is 0 Å². The first-order valence-corrected chi connectivity index (χ1v) is 7.11. The van der Waals surface area contributed by atoms with E-state index in [0.717, 1.165) is 18.4 Å². The summed E-state index contributed by atoms with van der Waals surface area (Å²) < 4.78 is 0. The summed E-state index contributed by atoms with van der Waals surface area (Å²) in [5, 5.41) is 10.5. The topological polar surface area (TPSA) is 60.4 Å². The van der Waals surface area contributed by atoms with Gasteiger partial charge in [0.15, 0.2) is 0 Å². The van der Waals surface area contributed by atoms with Crippen molar-refractivity contribution in [3.05, 3.63) is 35.9 Å². The molecular weight excluding hydrogens is 254 g/mol. The van der Waals surface area contributed by atoms with Gasteiger partial charge in [0, 0.05) is 25.0 Å². The van der Waals surface area contributed by atoms with Gasteiger partial charge in [-0.3, -0.25) is 4.79 Å². The molecule has 1 atom stereocenters. The molecule has 2 rings (SSSR count). The zero-order chi connectivity index (χ0) is 14.5. The molecule has 1 aromatic rings. The molecule has 1 amide bonds. The lowest BCUT2D eigenvalue weighted by Gasteiger charge is -2.30. The zero-order valence-corrected chi connectivity index (χ0v) is 11.7. The molecule has 0 spiro atoms. The number of carboxylic acids is 1. The SMILES string of the molecule is C[C@@H](C1CC1)N(Cc1ccccc1)C(=O)CCC(=O)[O-]. The third-order valence-electron chi connectivity index (χ3n) is 3.85. The van der Waals surface area contributed by atoms with Gasteiger partial charge in [-0.05, 0) is 37.7 Å². The first-order chi connectivity index (χ1) is 9.58. The highest BCUT2D eigenvalue weighted by molar-refractivity contribution is 5.80. The van der Waals surface area contributed by atoms with Crippen molar-refractivity contribution in [2.24, 2.45) is 5.92 Å². The molecule has 1 fully saturated rings. The Morgan fingerprint density at radius 3 is 2.45 bits per heavy atom. The van der Waals surface area contributed by atoms with Crippen LogP contribution < -0.4 is 5.11 Å². The number of carboxylic acid groups (broad SMARTS) is 1. The van der Waals surface area contributed by atoms with E-state index < -0.39 is 5.97 Å². The van der Waals surface area contributed by atoms with Crippen LogP contribution in [0.25, 0.3) is 0 Å². The monoisotopic (exact) mass is 274 g/mol. The van der Waals surface area contributed by atoms with Crippen LogP contribution in [0.4, 0.5) is 0 Å². The smallest absolute Gasteiger partial charge is 0.223 e. The predicted octanol–water partition coefficient (Wildman–Crippen LogP) is 1.34. The van der Waals surface area contributed by atoms with Gasteiger partial charge in [-0.25, -0.2) is 0 Å². The summed E-state index contributed by atoms with van der Waals surface area (Å²) in [7, 11) is 0. The number of carbonyl (C=O) groups is 2. The lowest BCUT2D eigenvalue weighted by atomic mass is 10.1. The molecule has 20 heavy (non-hydrogen) atoms. The van der Waals surface area contributed by atoms with Crippen LogP contribution in [-0.2, 0) is 16.1 Å². The molecule has 0 N–H and O–H groups in total. The summed E-state index contributed by atoms with van der Waals surface area (Å²) >= 11 is 0. The highest BCUT2D eigenvalue weighted by Crippen LogP contribution is 2.36. The number of amides is 1. The second-order valence-electron chi connectivity index (χ2n) is 5.46. The fourth-order valence-corrected chi connectivity index (χ4v) is 2.43. The van der Waals surface area contributed by atoms with Crippen LogP contribution in [0.1, 0.15) is 38.2 Å². The van der Waals surface area contributed by atoms with E-state index in [2.05, 4.69) is 6.92 Å². The highest BCUT2D eigenvalue weighted by atomic mass is 16.4. The van der Waals surface area contributed by atoms with Crippen LogP contribution >= 0.6 is 0 Å². The van der Waals surface area contributed by atoms with Gasteiger partial charge in [0.05, 0.1) is 0 Å². The third kappa shape index (κ3) is 4.08. The molecule has 1 saturated carbocycles. The molecular formula is C16H20NO3-. The van der Waals surface area contributed by atoms with Crippen molar-refractivity contribution in [1.82, 2.24) is 4.90 Å². The second kappa shape index (κ2) is 6.55. The van der Waals surface area contributed by atoms with E-state index in [1.165, 1.54) is 0 Å². The molecule has 4 heteroatoms. The Labute approximate surface area is 119 Å². The van der Waals surface area contributed by atoms with Crippen molar-refractivity contribution < 1.29 is 14.7 Å². The van der Waals surface area contributed by atoms with Gasteiger partial charge in [0.1, 0.15) is 0 Å². The van der Waals surface area contributed by atoms with E-state index in [0.29, 0.717) is 12.5 Å². The second-order valence-corrected chi connectivity index (χ2v) is 5.46.